The summed E-state index contributed by atoms with van der Waals surface area (Å²) in [7, 11) is 0. The lowest BCUT2D eigenvalue weighted by Crippen LogP contribution is -2.35. The number of carbonyl (C=O) groups excluding carboxylic acids is 1. The van der Waals surface area contributed by atoms with E-state index in [2.05, 4.69) is 15.3 Å². The van der Waals surface area contributed by atoms with Crippen molar-refractivity contribution in [3.8, 4) is 0 Å². The normalized spacial score (nSPS) is 25.4. The van der Waals surface area contributed by atoms with E-state index in [0.29, 0.717) is 25.2 Å². The Morgan fingerprint density at radius 2 is 2.10 bits per heavy atom. The van der Waals surface area contributed by atoms with Gasteiger partial charge in [-0.05, 0) is 31.7 Å². The van der Waals surface area contributed by atoms with Gasteiger partial charge in [0.15, 0.2) is 0 Å². The molecule has 108 valence electrons. The molecule has 1 saturated carbocycles. The largest absolute Gasteiger partial charge is 0.481 e. The molecule has 1 heterocycles. The van der Waals surface area contributed by atoms with E-state index >= 15 is 0 Å². The highest BCUT2D eigenvalue weighted by Crippen LogP contribution is 2.36. The number of carbonyl (C=O) groups is 2. The van der Waals surface area contributed by atoms with Crippen LogP contribution in [0.4, 0.5) is 0 Å². The highest BCUT2D eigenvalue weighted by atomic mass is 16.4. The number of rotatable bonds is 4. The van der Waals surface area contributed by atoms with E-state index < -0.39 is 17.8 Å². The molecule has 0 aliphatic heterocycles. The van der Waals surface area contributed by atoms with Gasteiger partial charge in [0.25, 0.3) is 0 Å². The Labute approximate surface area is 117 Å². The first-order chi connectivity index (χ1) is 9.47. The van der Waals surface area contributed by atoms with Crippen LogP contribution in [0.1, 0.15) is 31.3 Å². The first-order valence-corrected chi connectivity index (χ1v) is 6.76. The molecule has 0 bridgehead atoms. The zero-order valence-corrected chi connectivity index (χ0v) is 11.7. The molecule has 1 amide bonds. The van der Waals surface area contributed by atoms with Crippen LogP contribution in [0.5, 0.6) is 0 Å². The van der Waals surface area contributed by atoms with Crippen LogP contribution in [0.3, 0.4) is 0 Å². The van der Waals surface area contributed by atoms with Crippen molar-refractivity contribution in [2.24, 2.45) is 17.8 Å². The first kappa shape index (κ1) is 14.4. The number of aliphatic carboxylic acids is 1. The van der Waals surface area contributed by atoms with E-state index in [0.717, 1.165) is 5.69 Å². The molecule has 2 N–H and O–H groups in total. The third-order valence-electron chi connectivity index (χ3n) is 3.73. The van der Waals surface area contributed by atoms with Gasteiger partial charge in [-0.25, -0.2) is 9.97 Å². The van der Waals surface area contributed by atoms with Gasteiger partial charge < -0.3 is 10.4 Å². The number of carboxylic acids is 1. The highest BCUT2D eigenvalue weighted by molar-refractivity contribution is 5.85. The van der Waals surface area contributed by atoms with Crippen molar-refractivity contribution < 1.29 is 14.7 Å². The topological polar surface area (TPSA) is 92.2 Å². The van der Waals surface area contributed by atoms with E-state index in [4.69, 9.17) is 0 Å². The predicted octanol–water partition coefficient (Wildman–Crippen LogP) is 1.15. The van der Waals surface area contributed by atoms with Gasteiger partial charge >= 0.3 is 5.97 Å². The van der Waals surface area contributed by atoms with Crippen LogP contribution in [-0.2, 0) is 16.1 Å². The van der Waals surface area contributed by atoms with Crippen LogP contribution in [-0.4, -0.2) is 27.0 Å². The molecular formula is C14H19N3O3. The fourth-order valence-corrected chi connectivity index (χ4v) is 2.77. The van der Waals surface area contributed by atoms with Gasteiger partial charge in [-0.15, -0.1) is 0 Å². The van der Waals surface area contributed by atoms with E-state index in [-0.39, 0.29) is 11.8 Å². The predicted molar refractivity (Wildman–Crippen MR) is 71.6 cm³/mol. The monoisotopic (exact) mass is 277 g/mol. The Bertz CT molecular complexity index is 518. The number of carboxylic acid groups (broad SMARTS) is 1. The molecule has 1 aliphatic rings. The second-order valence-corrected chi connectivity index (χ2v) is 5.44. The smallest absolute Gasteiger partial charge is 0.307 e. The SMILES string of the molecule is Cc1nccc(CNC(=O)[C@H]2CC(C)C[C@H]2C(=O)O)n1. The lowest BCUT2D eigenvalue weighted by Gasteiger charge is -2.15. The van der Waals surface area contributed by atoms with Gasteiger partial charge in [0.05, 0.1) is 24.1 Å². The van der Waals surface area contributed by atoms with Crippen LogP contribution in [0.25, 0.3) is 0 Å². The number of aryl methyl sites for hydroxylation is 1. The number of nitrogens with zero attached hydrogens (tertiary/aromatic N) is 2. The quantitative estimate of drug-likeness (QED) is 0.861. The van der Waals surface area contributed by atoms with Crippen LogP contribution in [0.15, 0.2) is 12.3 Å². The Hall–Kier alpha value is -1.98. The summed E-state index contributed by atoms with van der Waals surface area (Å²) < 4.78 is 0. The second-order valence-electron chi connectivity index (χ2n) is 5.44. The van der Waals surface area contributed by atoms with Crippen molar-refractivity contribution in [1.82, 2.24) is 15.3 Å². The maximum atomic E-state index is 12.1. The Kier molecular flexibility index (Phi) is 4.32. The third kappa shape index (κ3) is 3.31. The molecule has 0 radical (unpaired) electrons. The molecular weight excluding hydrogens is 258 g/mol. The zero-order chi connectivity index (χ0) is 14.7. The van der Waals surface area contributed by atoms with Crippen molar-refractivity contribution in [2.75, 3.05) is 0 Å². The van der Waals surface area contributed by atoms with Gasteiger partial charge in [0, 0.05) is 6.20 Å². The average Bonchev–Trinajstić information content (AvgIpc) is 2.78. The van der Waals surface area contributed by atoms with Crippen LogP contribution in [0, 0.1) is 24.7 Å². The van der Waals surface area contributed by atoms with Crippen molar-refractivity contribution in [1.29, 1.82) is 0 Å². The fraction of sp³-hybridized carbons (Fsp3) is 0.571. The van der Waals surface area contributed by atoms with Gasteiger partial charge in [0.1, 0.15) is 5.82 Å². The average molecular weight is 277 g/mol. The summed E-state index contributed by atoms with van der Waals surface area (Å²) in [5, 5.41) is 12.0. The summed E-state index contributed by atoms with van der Waals surface area (Å²) in [5.74, 6) is -1.17. The first-order valence-electron chi connectivity index (χ1n) is 6.76. The van der Waals surface area contributed by atoms with E-state index in [9.17, 15) is 14.7 Å². The van der Waals surface area contributed by atoms with Crippen LogP contribution < -0.4 is 5.32 Å². The minimum absolute atomic E-state index is 0.196. The molecule has 1 aliphatic carbocycles. The fourth-order valence-electron chi connectivity index (χ4n) is 2.77. The number of amides is 1. The molecule has 2 rings (SSSR count). The number of hydrogen-bond acceptors (Lipinski definition) is 4. The summed E-state index contributed by atoms with van der Waals surface area (Å²) in [6.07, 6.45) is 2.84. The summed E-state index contributed by atoms with van der Waals surface area (Å²) in [6, 6.07) is 1.74. The van der Waals surface area contributed by atoms with Crippen molar-refractivity contribution in [2.45, 2.75) is 33.2 Å². The van der Waals surface area contributed by atoms with E-state index in [1.807, 2.05) is 6.92 Å². The van der Waals surface area contributed by atoms with Crippen molar-refractivity contribution in [3.05, 3.63) is 23.8 Å². The molecule has 1 fully saturated rings. The molecule has 6 nitrogen and oxygen atoms in total. The van der Waals surface area contributed by atoms with E-state index in [1.54, 1.807) is 19.2 Å². The molecule has 0 aromatic carbocycles. The lowest BCUT2D eigenvalue weighted by molar-refractivity contribution is -0.146. The number of hydrogen-bond donors (Lipinski definition) is 2. The molecule has 1 unspecified atom stereocenters. The van der Waals surface area contributed by atoms with Gasteiger partial charge in [-0.1, -0.05) is 6.92 Å². The van der Waals surface area contributed by atoms with E-state index in [1.165, 1.54) is 0 Å². The highest BCUT2D eigenvalue weighted by Gasteiger charge is 2.40. The van der Waals surface area contributed by atoms with Gasteiger partial charge in [0.2, 0.25) is 5.91 Å². The summed E-state index contributed by atoms with van der Waals surface area (Å²) in [5.41, 5.74) is 0.726. The third-order valence-corrected chi connectivity index (χ3v) is 3.73. The maximum absolute atomic E-state index is 12.1. The van der Waals surface area contributed by atoms with Crippen molar-refractivity contribution in [3.63, 3.8) is 0 Å². The molecule has 0 spiro atoms. The minimum atomic E-state index is -0.882. The number of nitrogens with one attached hydrogen (secondary N) is 1. The minimum Gasteiger partial charge on any atom is -0.481 e. The molecule has 6 heteroatoms. The molecule has 20 heavy (non-hydrogen) atoms. The van der Waals surface area contributed by atoms with Crippen LogP contribution >= 0.6 is 0 Å². The van der Waals surface area contributed by atoms with Gasteiger partial charge in [-0.3, -0.25) is 9.59 Å². The Balaban J connectivity index is 1.96. The lowest BCUT2D eigenvalue weighted by atomic mass is 9.95. The number of aromatic nitrogens is 2. The van der Waals surface area contributed by atoms with Crippen LogP contribution in [0.2, 0.25) is 0 Å². The summed E-state index contributed by atoms with van der Waals surface area (Å²) in [4.78, 5) is 31.5. The molecule has 3 atom stereocenters. The Morgan fingerprint density at radius 1 is 1.40 bits per heavy atom. The molecule has 1 aromatic rings. The zero-order valence-electron chi connectivity index (χ0n) is 11.7. The van der Waals surface area contributed by atoms with Crippen molar-refractivity contribution >= 4 is 11.9 Å². The molecule has 0 saturated heterocycles. The maximum Gasteiger partial charge on any atom is 0.307 e. The Morgan fingerprint density at radius 3 is 2.75 bits per heavy atom. The summed E-state index contributed by atoms with van der Waals surface area (Å²) in [6.45, 7) is 4.07. The molecule has 1 aromatic heterocycles. The summed E-state index contributed by atoms with van der Waals surface area (Å²) >= 11 is 0. The van der Waals surface area contributed by atoms with Gasteiger partial charge in [-0.2, -0.15) is 0 Å². The second kappa shape index (κ2) is 5.98. The standard InChI is InChI=1S/C14H19N3O3/c1-8-5-11(12(6-8)14(19)20)13(18)16-7-10-3-4-15-9(2)17-10/h3-4,8,11-12H,5-7H2,1-2H3,(H,16,18)(H,19,20)/t8?,11-,12+/m0/s1.